The lowest BCUT2D eigenvalue weighted by Gasteiger charge is -2.23. The van der Waals surface area contributed by atoms with Gasteiger partial charge in [-0.15, -0.1) is 0 Å². The fourth-order valence-corrected chi connectivity index (χ4v) is 3.97. The number of carbonyl (C=O) groups excluding carboxylic acids is 1. The van der Waals surface area contributed by atoms with E-state index in [0.29, 0.717) is 40.2 Å². The van der Waals surface area contributed by atoms with Gasteiger partial charge < -0.3 is 11.5 Å². The maximum Gasteiger partial charge on any atom is 0.433 e. The minimum atomic E-state index is -4.85. The van der Waals surface area contributed by atoms with E-state index in [-0.39, 0.29) is 11.4 Å². The van der Waals surface area contributed by atoms with Gasteiger partial charge in [0.05, 0.1) is 16.7 Å². The minimum Gasteiger partial charge on any atom is -0.404 e. The number of primary amides is 1. The Kier molecular flexibility index (Phi) is 4.29. The molecule has 0 fully saturated rings. The summed E-state index contributed by atoms with van der Waals surface area (Å²) in [6.45, 7) is 0. The van der Waals surface area contributed by atoms with Crippen LogP contribution in [0.3, 0.4) is 0 Å². The number of halogens is 3. The topological polar surface area (TPSA) is 135 Å². The molecule has 1 amide bonds. The fourth-order valence-electron chi connectivity index (χ4n) is 3.97. The van der Waals surface area contributed by atoms with Crippen LogP contribution in [0, 0.1) is 5.41 Å². The van der Waals surface area contributed by atoms with E-state index in [1.165, 1.54) is 0 Å². The van der Waals surface area contributed by atoms with Crippen molar-refractivity contribution in [2.45, 2.75) is 31.9 Å². The molecule has 6 N–H and O–H groups in total. The first-order chi connectivity index (χ1) is 13.7. The maximum absolute atomic E-state index is 13.2. The summed E-state index contributed by atoms with van der Waals surface area (Å²) >= 11 is 0. The molecule has 1 aliphatic carbocycles. The second-order valence-electron chi connectivity index (χ2n) is 6.90. The van der Waals surface area contributed by atoms with E-state index in [0.717, 1.165) is 24.6 Å². The van der Waals surface area contributed by atoms with Crippen LogP contribution in [0.15, 0.2) is 18.3 Å². The van der Waals surface area contributed by atoms with Crippen LogP contribution >= 0.6 is 0 Å². The second-order valence-corrected chi connectivity index (χ2v) is 6.90. The number of carbonyl (C=O) groups is 1. The van der Waals surface area contributed by atoms with Gasteiger partial charge in [0.1, 0.15) is 5.71 Å². The van der Waals surface area contributed by atoms with Gasteiger partial charge in [-0.3, -0.25) is 15.3 Å². The van der Waals surface area contributed by atoms with Crippen molar-refractivity contribution in [2.24, 2.45) is 11.5 Å². The Morgan fingerprint density at radius 1 is 1.14 bits per heavy atom. The van der Waals surface area contributed by atoms with Gasteiger partial charge in [-0.1, -0.05) is 0 Å². The number of H-pyrrole nitrogens is 1. The third-order valence-electron chi connectivity index (χ3n) is 5.20. The lowest BCUT2D eigenvalue weighted by Crippen LogP contribution is -2.25. The number of allylic oxidation sites excluding steroid dienone is 1. The van der Waals surface area contributed by atoms with E-state index in [9.17, 15) is 18.0 Å². The first kappa shape index (κ1) is 18.9. The number of nitrogens with zero attached hydrogens (tertiary/aromatic N) is 2. The molecule has 0 radical (unpaired) electrons. The highest BCUT2D eigenvalue weighted by atomic mass is 19.4. The van der Waals surface area contributed by atoms with Crippen LogP contribution < -0.4 is 11.5 Å². The predicted molar refractivity (Wildman–Crippen MR) is 103 cm³/mol. The van der Waals surface area contributed by atoms with Gasteiger partial charge in [0.15, 0.2) is 5.69 Å². The summed E-state index contributed by atoms with van der Waals surface area (Å²) in [5.41, 5.74) is 11.5. The number of pyridine rings is 1. The van der Waals surface area contributed by atoms with E-state index < -0.39 is 23.4 Å². The van der Waals surface area contributed by atoms with Crippen molar-refractivity contribution in [1.29, 1.82) is 5.41 Å². The molecule has 0 saturated heterocycles. The number of aryl methyl sites for hydroxylation is 1. The Labute approximate surface area is 162 Å². The largest absolute Gasteiger partial charge is 0.433 e. The molecule has 0 aliphatic heterocycles. The highest BCUT2D eigenvalue weighted by Crippen LogP contribution is 2.38. The number of nitrogens with two attached hydrogens (primary N) is 2. The highest BCUT2D eigenvalue weighted by Gasteiger charge is 2.38. The van der Waals surface area contributed by atoms with E-state index >= 15 is 0 Å². The average molecular weight is 402 g/mol. The number of hydrogen-bond donors (Lipinski definition) is 4. The average Bonchev–Trinajstić information content (AvgIpc) is 3.12. The van der Waals surface area contributed by atoms with Crippen molar-refractivity contribution in [3.8, 4) is 0 Å². The van der Waals surface area contributed by atoms with Crippen LogP contribution in [0.1, 0.15) is 40.2 Å². The van der Waals surface area contributed by atoms with Crippen LogP contribution in [0.5, 0.6) is 0 Å². The Morgan fingerprint density at radius 3 is 2.45 bits per heavy atom. The second kappa shape index (κ2) is 6.57. The molecule has 0 unspecified atom stereocenters. The summed E-state index contributed by atoms with van der Waals surface area (Å²) < 4.78 is 39.6. The number of aromatic nitrogens is 3. The Bertz CT molecular complexity index is 1210. The number of rotatable bonds is 3. The van der Waals surface area contributed by atoms with Crippen LogP contribution in [-0.2, 0) is 12.8 Å². The number of nitrogens with one attached hydrogen (secondary N) is 2. The molecule has 10 heteroatoms. The van der Waals surface area contributed by atoms with E-state index in [2.05, 4.69) is 15.2 Å². The molecule has 1 aromatic carbocycles. The minimum absolute atomic E-state index is 0.0560. The van der Waals surface area contributed by atoms with Gasteiger partial charge in [0.2, 0.25) is 0 Å². The number of amides is 1. The summed E-state index contributed by atoms with van der Waals surface area (Å²) in [5, 5.41) is 15.5. The lowest BCUT2D eigenvalue weighted by atomic mass is 9.84. The zero-order chi connectivity index (χ0) is 20.9. The third kappa shape index (κ3) is 2.91. The molecule has 0 spiro atoms. The van der Waals surface area contributed by atoms with Crippen molar-refractivity contribution >= 4 is 39.0 Å². The van der Waals surface area contributed by atoms with Crippen molar-refractivity contribution in [1.82, 2.24) is 15.2 Å². The SMILES string of the molecule is N=C(/C(=C\N)c1nc2ccc3[nH]nc(C(N)=O)c3c2c2c1CCCC2)C(F)(F)F. The Morgan fingerprint density at radius 2 is 1.83 bits per heavy atom. The Hall–Kier alpha value is -3.43. The maximum atomic E-state index is 13.2. The molecule has 2 heterocycles. The number of benzene rings is 1. The molecule has 0 saturated carbocycles. The zero-order valence-corrected chi connectivity index (χ0v) is 15.2. The molecule has 3 aromatic rings. The van der Waals surface area contributed by atoms with Gasteiger partial charge in [-0.25, -0.2) is 4.98 Å². The number of alkyl halides is 3. The fraction of sp³-hybridized carbons (Fsp3) is 0.263. The third-order valence-corrected chi connectivity index (χ3v) is 5.20. The summed E-state index contributed by atoms with van der Waals surface area (Å²) in [6, 6.07) is 3.29. The standard InChI is InChI=1S/C19H17F3N6O/c20-19(21,22)17(24)10(7-23)15-9-4-2-1-3-8(9)13-11(26-15)5-6-12-14(13)16(18(25)29)28-27-12/h5-7,24H,1-4,23H2,(H2,25,29)(H,27,28)/b10-7-,24-17?. The monoisotopic (exact) mass is 402 g/mol. The quantitative estimate of drug-likeness (QED) is 0.501. The normalized spacial score (nSPS) is 14.9. The zero-order valence-electron chi connectivity index (χ0n) is 15.2. The summed E-state index contributed by atoms with van der Waals surface area (Å²) in [4.78, 5) is 16.3. The van der Waals surface area contributed by atoms with Crippen molar-refractivity contribution in [3.05, 3.63) is 40.8 Å². The number of aromatic amines is 1. The first-order valence-corrected chi connectivity index (χ1v) is 8.94. The van der Waals surface area contributed by atoms with Crippen molar-refractivity contribution in [2.75, 3.05) is 0 Å². The number of fused-ring (bicyclic) bond motifs is 5. The molecular weight excluding hydrogens is 385 g/mol. The first-order valence-electron chi connectivity index (χ1n) is 8.94. The molecule has 150 valence electrons. The van der Waals surface area contributed by atoms with Crippen LogP contribution in [0.4, 0.5) is 13.2 Å². The molecule has 0 atom stereocenters. The molecule has 4 rings (SSSR count). The molecular formula is C19H17F3N6O. The van der Waals surface area contributed by atoms with Crippen molar-refractivity contribution < 1.29 is 18.0 Å². The van der Waals surface area contributed by atoms with Crippen LogP contribution in [0.2, 0.25) is 0 Å². The van der Waals surface area contributed by atoms with Gasteiger partial charge in [-0.05, 0) is 48.9 Å². The summed E-state index contributed by atoms with van der Waals surface area (Å²) in [7, 11) is 0. The summed E-state index contributed by atoms with van der Waals surface area (Å²) in [5.74, 6) is -0.709. The van der Waals surface area contributed by atoms with Gasteiger partial charge in [-0.2, -0.15) is 18.3 Å². The molecule has 1 aliphatic rings. The molecule has 2 aromatic heterocycles. The molecule has 0 bridgehead atoms. The highest BCUT2D eigenvalue weighted by molar-refractivity contribution is 6.25. The van der Waals surface area contributed by atoms with E-state index in [1.807, 2.05) is 0 Å². The smallest absolute Gasteiger partial charge is 0.404 e. The van der Waals surface area contributed by atoms with Gasteiger partial charge in [0, 0.05) is 22.5 Å². The number of hydrogen-bond acceptors (Lipinski definition) is 5. The van der Waals surface area contributed by atoms with Gasteiger partial charge >= 0.3 is 6.18 Å². The molecule has 7 nitrogen and oxygen atoms in total. The summed E-state index contributed by atoms with van der Waals surface area (Å²) in [6.07, 6.45) is -1.36. The van der Waals surface area contributed by atoms with Crippen molar-refractivity contribution in [3.63, 3.8) is 0 Å². The lowest BCUT2D eigenvalue weighted by molar-refractivity contribution is -0.0578. The Balaban J connectivity index is 2.10. The van der Waals surface area contributed by atoms with Crippen LogP contribution in [0.25, 0.3) is 27.4 Å². The van der Waals surface area contributed by atoms with Crippen LogP contribution in [-0.4, -0.2) is 33.0 Å². The van der Waals surface area contributed by atoms with Gasteiger partial charge in [0.25, 0.3) is 5.91 Å². The van der Waals surface area contributed by atoms with E-state index in [4.69, 9.17) is 16.9 Å². The predicted octanol–water partition coefficient (Wildman–Crippen LogP) is 2.97. The van der Waals surface area contributed by atoms with E-state index in [1.54, 1.807) is 12.1 Å². The molecule has 29 heavy (non-hydrogen) atoms.